The summed E-state index contributed by atoms with van der Waals surface area (Å²) in [7, 11) is 0. The minimum Gasteiger partial charge on any atom is -0.481 e. The van der Waals surface area contributed by atoms with Crippen LogP contribution in [0.4, 0.5) is 0 Å². The maximum Gasteiger partial charge on any atom is 0.307 e. The van der Waals surface area contributed by atoms with E-state index in [2.05, 4.69) is 6.92 Å². The van der Waals surface area contributed by atoms with Crippen molar-refractivity contribution in [2.24, 2.45) is 23.7 Å². The molecule has 2 rings (SSSR count). The molecule has 0 aromatic heterocycles. The Morgan fingerprint density at radius 2 is 1.44 bits per heavy atom. The van der Waals surface area contributed by atoms with E-state index in [9.17, 15) is 14.7 Å². The summed E-state index contributed by atoms with van der Waals surface area (Å²) < 4.78 is 0. The van der Waals surface area contributed by atoms with Crippen molar-refractivity contribution in [2.45, 2.75) is 58.3 Å². The molecule has 0 aromatic carbocycles. The van der Waals surface area contributed by atoms with E-state index in [1.54, 1.807) is 0 Å². The summed E-state index contributed by atoms with van der Waals surface area (Å²) in [6, 6.07) is 0. The van der Waals surface area contributed by atoms with Crippen molar-refractivity contribution < 1.29 is 14.7 Å². The number of hydrogen-bond donors (Lipinski definition) is 1. The van der Waals surface area contributed by atoms with Crippen LogP contribution in [0, 0.1) is 23.7 Å². The molecule has 2 aliphatic carbocycles. The molecule has 0 aliphatic heterocycles. The zero-order valence-electron chi connectivity index (χ0n) is 11.2. The van der Waals surface area contributed by atoms with Gasteiger partial charge < -0.3 is 5.11 Å². The van der Waals surface area contributed by atoms with Crippen molar-refractivity contribution in [3.63, 3.8) is 0 Å². The molecule has 0 amide bonds. The highest BCUT2D eigenvalue weighted by molar-refractivity contribution is 5.88. The van der Waals surface area contributed by atoms with Crippen LogP contribution in [-0.2, 0) is 9.59 Å². The van der Waals surface area contributed by atoms with Gasteiger partial charge in [0.1, 0.15) is 5.78 Å². The first kappa shape index (κ1) is 13.6. The molecule has 18 heavy (non-hydrogen) atoms. The Bertz CT molecular complexity index is 316. The van der Waals surface area contributed by atoms with Gasteiger partial charge in [-0.1, -0.05) is 32.6 Å². The number of aliphatic carboxylic acids is 1. The average molecular weight is 252 g/mol. The molecule has 2 aliphatic rings. The average Bonchev–Trinajstić information content (AvgIpc) is 2.39. The second kappa shape index (κ2) is 5.85. The first-order valence-corrected chi connectivity index (χ1v) is 7.36. The van der Waals surface area contributed by atoms with Crippen molar-refractivity contribution in [3.05, 3.63) is 0 Å². The lowest BCUT2D eigenvalue weighted by molar-refractivity contribution is -0.149. The lowest BCUT2D eigenvalue weighted by atomic mass is 9.70. The van der Waals surface area contributed by atoms with Crippen LogP contribution in [0.15, 0.2) is 0 Å². The molecule has 2 saturated carbocycles. The molecule has 0 heterocycles. The van der Waals surface area contributed by atoms with Crippen LogP contribution in [0.1, 0.15) is 58.3 Å². The predicted molar refractivity (Wildman–Crippen MR) is 69.2 cm³/mol. The maximum absolute atomic E-state index is 12.5. The third-order valence-corrected chi connectivity index (χ3v) is 4.87. The quantitative estimate of drug-likeness (QED) is 0.838. The molecule has 2 atom stereocenters. The fourth-order valence-corrected chi connectivity index (χ4v) is 3.61. The van der Waals surface area contributed by atoms with Crippen molar-refractivity contribution in [1.29, 1.82) is 0 Å². The van der Waals surface area contributed by atoms with Gasteiger partial charge >= 0.3 is 5.97 Å². The number of carbonyl (C=O) groups excluding carboxylic acids is 1. The smallest absolute Gasteiger partial charge is 0.307 e. The molecular weight excluding hydrogens is 228 g/mol. The van der Waals surface area contributed by atoms with E-state index in [-0.39, 0.29) is 17.6 Å². The van der Waals surface area contributed by atoms with E-state index >= 15 is 0 Å². The minimum atomic E-state index is -0.766. The Hall–Kier alpha value is -0.860. The normalized spacial score (nSPS) is 37.2. The van der Waals surface area contributed by atoms with Crippen LogP contribution in [0.25, 0.3) is 0 Å². The summed E-state index contributed by atoms with van der Waals surface area (Å²) in [6.07, 6.45) is 7.66. The number of hydrogen-bond acceptors (Lipinski definition) is 2. The molecule has 0 bridgehead atoms. The Kier molecular flexibility index (Phi) is 4.41. The summed E-state index contributed by atoms with van der Waals surface area (Å²) in [4.78, 5) is 23.8. The number of carbonyl (C=O) groups is 2. The molecular formula is C15H24O3. The fraction of sp³-hybridized carbons (Fsp3) is 0.867. The van der Waals surface area contributed by atoms with Gasteiger partial charge in [0.25, 0.3) is 0 Å². The molecule has 3 heteroatoms. The van der Waals surface area contributed by atoms with E-state index in [0.717, 1.165) is 50.9 Å². The molecule has 0 radical (unpaired) electrons. The number of carboxylic acid groups (broad SMARTS) is 1. The molecule has 0 unspecified atom stereocenters. The van der Waals surface area contributed by atoms with Gasteiger partial charge in [0, 0.05) is 11.8 Å². The number of ketones is 1. The Balaban J connectivity index is 2.00. The van der Waals surface area contributed by atoms with E-state index in [1.165, 1.54) is 0 Å². The highest BCUT2D eigenvalue weighted by atomic mass is 16.4. The molecule has 1 N–H and O–H groups in total. The van der Waals surface area contributed by atoms with E-state index in [0.29, 0.717) is 6.42 Å². The maximum atomic E-state index is 12.5. The van der Waals surface area contributed by atoms with Gasteiger partial charge in [-0.25, -0.2) is 0 Å². The molecule has 0 aromatic rings. The minimum absolute atomic E-state index is 0.145. The van der Waals surface area contributed by atoms with Crippen LogP contribution in [0.3, 0.4) is 0 Å². The summed E-state index contributed by atoms with van der Waals surface area (Å²) in [6.45, 7) is 2.24. The monoisotopic (exact) mass is 252 g/mol. The highest BCUT2D eigenvalue weighted by Crippen LogP contribution is 2.37. The van der Waals surface area contributed by atoms with Gasteiger partial charge in [0.2, 0.25) is 0 Å². The van der Waals surface area contributed by atoms with E-state index < -0.39 is 11.9 Å². The molecule has 102 valence electrons. The Morgan fingerprint density at radius 3 is 2.00 bits per heavy atom. The van der Waals surface area contributed by atoms with Gasteiger partial charge in [0.05, 0.1) is 5.92 Å². The molecule has 0 spiro atoms. The van der Waals surface area contributed by atoms with Gasteiger partial charge in [-0.3, -0.25) is 9.59 Å². The first-order chi connectivity index (χ1) is 8.59. The third-order valence-electron chi connectivity index (χ3n) is 4.87. The van der Waals surface area contributed by atoms with Crippen molar-refractivity contribution in [2.75, 3.05) is 0 Å². The SMILES string of the molecule is CC1CCC(C(=O)[C@H]2CCCC[C@H]2C(=O)O)CC1. The van der Waals surface area contributed by atoms with Crippen molar-refractivity contribution >= 4 is 11.8 Å². The molecule has 0 saturated heterocycles. The van der Waals surface area contributed by atoms with Crippen LogP contribution in [0.2, 0.25) is 0 Å². The number of Topliss-reactive ketones (excluding diaryl/α,β-unsaturated/α-hetero) is 1. The number of carboxylic acids is 1. The van der Waals surface area contributed by atoms with Gasteiger partial charge in [-0.2, -0.15) is 0 Å². The van der Waals surface area contributed by atoms with Crippen LogP contribution in [-0.4, -0.2) is 16.9 Å². The van der Waals surface area contributed by atoms with Gasteiger partial charge in [-0.05, 0) is 31.6 Å². The molecule has 2 fully saturated rings. The Morgan fingerprint density at radius 1 is 0.889 bits per heavy atom. The van der Waals surface area contributed by atoms with E-state index in [4.69, 9.17) is 0 Å². The lowest BCUT2D eigenvalue weighted by Gasteiger charge is -2.33. The summed E-state index contributed by atoms with van der Waals surface area (Å²) in [5.41, 5.74) is 0. The first-order valence-electron chi connectivity index (χ1n) is 7.36. The summed E-state index contributed by atoms with van der Waals surface area (Å²) in [5.74, 6) is -0.242. The third kappa shape index (κ3) is 2.93. The van der Waals surface area contributed by atoms with Crippen molar-refractivity contribution in [1.82, 2.24) is 0 Å². The highest BCUT2D eigenvalue weighted by Gasteiger charge is 2.39. The predicted octanol–water partition coefficient (Wildman–Crippen LogP) is 3.27. The zero-order chi connectivity index (χ0) is 13.1. The van der Waals surface area contributed by atoms with Crippen LogP contribution in [0.5, 0.6) is 0 Å². The zero-order valence-corrected chi connectivity index (χ0v) is 11.2. The van der Waals surface area contributed by atoms with Crippen LogP contribution >= 0.6 is 0 Å². The largest absolute Gasteiger partial charge is 0.481 e. The topological polar surface area (TPSA) is 54.4 Å². The van der Waals surface area contributed by atoms with Gasteiger partial charge in [0.15, 0.2) is 0 Å². The number of rotatable bonds is 3. The second-order valence-electron chi connectivity index (χ2n) is 6.19. The van der Waals surface area contributed by atoms with E-state index in [1.807, 2.05) is 0 Å². The van der Waals surface area contributed by atoms with Gasteiger partial charge in [-0.15, -0.1) is 0 Å². The lowest BCUT2D eigenvalue weighted by Crippen LogP contribution is -2.37. The standard InChI is InChI=1S/C15H24O3/c1-10-6-8-11(9-7-10)14(16)12-4-2-3-5-13(12)15(17)18/h10-13H,2-9H2,1H3,(H,17,18)/t10?,11?,12-,13+/m0/s1. The van der Waals surface area contributed by atoms with Crippen LogP contribution < -0.4 is 0 Å². The molecule has 3 nitrogen and oxygen atoms in total. The summed E-state index contributed by atoms with van der Waals surface area (Å²) >= 11 is 0. The van der Waals surface area contributed by atoms with Crippen molar-refractivity contribution in [3.8, 4) is 0 Å². The summed E-state index contributed by atoms with van der Waals surface area (Å²) in [5, 5.41) is 9.25. The second-order valence-corrected chi connectivity index (χ2v) is 6.19. The Labute approximate surface area is 109 Å². The fourth-order valence-electron chi connectivity index (χ4n) is 3.61.